The molecule has 0 fully saturated rings. The fraction of sp³-hybridized carbons (Fsp3) is 0.357. The lowest BCUT2D eigenvalue weighted by Crippen LogP contribution is -2.16. The predicted molar refractivity (Wildman–Crippen MR) is 73.4 cm³/mol. The number of hydrogen-bond acceptors (Lipinski definition) is 6. The van der Waals surface area contributed by atoms with Gasteiger partial charge in [-0.25, -0.2) is 15.0 Å². The van der Waals surface area contributed by atoms with Gasteiger partial charge in [0.1, 0.15) is 24.2 Å². The molecule has 0 saturated heterocycles. The zero-order valence-corrected chi connectivity index (χ0v) is 11.7. The molecule has 20 heavy (non-hydrogen) atoms. The summed E-state index contributed by atoms with van der Waals surface area (Å²) < 4.78 is 10.9. The quantitative estimate of drug-likeness (QED) is 0.844. The normalized spacial score (nSPS) is 12.2. The average molecular weight is 275 g/mol. The highest BCUT2D eigenvalue weighted by molar-refractivity contribution is 5.68. The summed E-state index contributed by atoms with van der Waals surface area (Å²) in [5.41, 5.74) is 1.16. The number of rotatable bonds is 5. The summed E-state index contributed by atoms with van der Waals surface area (Å²) in [7, 11) is 0. The number of phenols is 1. The molecule has 0 radical (unpaired) electrons. The van der Waals surface area contributed by atoms with Gasteiger partial charge in [-0.1, -0.05) is 0 Å². The molecule has 1 unspecified atom stereocenters. The van der Waals surface area contributed by atoms with Gasteiger partial charge in [-0.2, -0.15) is 0 Å². The van der Waals surface area contributed by atoms with Gasteiger partial charge in [0.15, 0.2) is 12.1 Å². The third-order valence-electron chi connectivity index (χ3n) is 2.81. The molecule has 2 aromatic rings. The van der Waals surface area contributed by atoms with Crippen molar-refractivity contribution in [2.45, 2.75) is 27.1 Å². The van der Waals surface area contributed by atoms with Crippen LogP contribution in [0.1, 0.15) is 19.4 Å². The molecular weight excluding hydrogens is 258 g/mol. The van der Waals surface area contributed by atoms with Gasteiger partial charge in [-0.15, -0.1) is 0 Å². The topological polar surface area (TPSA) is 77.4 Å². The van der Waals surface area contributed by atoms with E-state index >= 15 is 0 Å². The monoisotopic (exact) mass is 275 g/mol. The first-order chi connectivity index (χ1) is 9.63. The van der Waals surface area contributed by atoms with Crippen molar-refractivity contribution in [1.29, 1.82) is 0 Å². The summed E-state index contributed by atoms with van der Waals surface area (Å²) in [6.07, 6.45) is 2.40. The third kappa shape index (κ3) is 3.03. The van der Waals surface area contributed by atoms with E-state index in [1.165, 1.54) is 12.7 Å². The van der Waals surface area contributed by atoms with Crippen molar-refractivity contribution in [3.05, 3.63) is 30.4 Å². The lowest BCUT2D eigenvalue weighted by Gasteiger charge is -2.17. The maximum Gasteiger partial charge on any atom is 0.196 e. The van der Waals surface area contributed by atoms with Crippen LogP contribution in [0.25, 0.3) is 11.4 Å². The van der Waals surface area contributed by atoms with Crippen LogP contribution in [0.15, 0.2) is 24.8 Å². The third-order valence-corrected chi connectivity index (χ3v) is 2.81. The lowest BCUT2D eigenvalue weighted by molar-refractivity contribution is -0.0617. The molecule has 0 aliphatic carbocycles. The van der Waals surface area contributed by atoms with Gasteiger partial charge in [0.25, 0.3) is 0 Å². The molecule has 1 atom stereocenters. The molecule has 1 aromatic heterocycles. The molecule has 6 heteroatoms. The number of hydrogen-bond donors (Lipinski definition) is 1. The van der Waals surface area contributed by atoms with Gasteiger partial charge >= 0.3 is 0 Å². The number of aromatic nitrogens is 3. The highest BCUT2D eigenvalue weighted by Gasteiger charge is 2.15. The molecule has 1 N–H and O–H groups in total. The van der Waals surface area contributed by atoms with Gasteiger partial charge < -0.3 is 14.6 Å². The largest absolute Gasteiger partial charge is 0.507 e. The maximum absolute atomic E-state index is 10.3. The van der Waals surface area contributed by atoms with Crippen molar-refractivity contribution in [3.63, 3.8) is 0 Å². The molecule has 2 rings (SSSR count). The van der Waals surface area contributed by atoms with E-state index in [0.717, 1.165) is 0 Å². The molecule has 106 valence electrons. The van der Waals surface area contributed by atoms with Crippen LogP contribution in [0.3, 0.4) is 0 Å². The Morgan fingerprint density at radius 2 is 1.95 bits per heavy atom. The zero-order valence-electron chi connectivity index (χ0n) is 11.7. The minimum Gasteiger partial charge on any atom is -0.507 e. The van der Waals surface area contributed by atoms with Gasteiger partial charge in [-0.3, -0.25) is 0 Å². The molecule has 6 nitrogen and oxygen atoms in total. The average Bonchev–Trinajstić information content (AvgIpc) is 2.45. The molecule has 0 bridgehead atoms. The second kappa shape index (κ2) is 6.29. The van der Waals surface area contributed by atoms with Crippen LogP contribution in [0.5, 0.6) is 11.5 Å². The van der Waals surface area contributed by atoms with Crippen molar-refractivity contribution in [2.24, 2.45) is 0 Å². The van der Waals surface area contributed by atoms with Crippen LogP contribution in [0.2, 0.25) is 0 Å². The van der Waals surface area contributed by atoms with Crippen LogP contribution < -0.4 is 4.74 Å². The van der Waals surface area contributed by atoms with Crippen molar-refractivity contribution in [3.8, 4) is 22.9 Å². The molecule has 1 heterocycles. The first-order valence-electron chi connectivity index (χ1n) is 6.36. The Labute approximate surface area is 117 Å². The van der Waals surface area contributed by atoms with Crippen molar-refractivity contribution >= 4 is 0 Å². The van der Waals surface area contributed by atoms with E-state index < -0.39 is 0 Å². The highest BCUT2D eigenvalue weighted by Crippen LogP contribution is 2.35. The summed E-state index contributed by atoms with van der Waals surface area (Å²) in [4.78, 5) is 11.8. The van der Waals surface area contributed by atoms with E-state index in [-0.39, 0.29) is 12.0 Å². The fourth-order valence-corrected chi connectivity index (χ4v) is 1.82. The number of nitrogens with zero attached hydrogens (tertiary/aromatic N) is 3. The smallest absolute Gasteiger partial charge is 0.196 e. The maximum atomic E-state index is 10.3. The van der Waals surface area contributed by atoms with Crippen molar-refractivity contribution < 1.29 is 14.6 Å². The molecule has 0 spiro atoms. The Morgan fingerprint density at radius 1 is 1.25 bits per heavy atom. The fourth-order valence-electron chi connectivity index (χ4n) is 1.82. The first-order valence-corrected chi connectivity index (χ1v) is 6.36. The van der Waals surface area contributed by atoms with E-state index in [9.17, 15) is 5.11 Å². The number of benzene rings is 1. The summed E-state index contributed by atoms with van der Waals surface area (Å²) in [6.45, 7) is 6.04. The molecule has 0 aliphatic heterocycles. The van der Waals surface area contributed by atoms with Gasteiger partial charge in [0.05, 0.1) is 5.56 Å². The Balaban J connectivity index is 2.30. The van der Waals surface area contributed by atoms with E-state index in [2.05, 4.69) is 15.0 Å². The van der Waals surface area contributed by atoms with E-state index in [1.54, 1.807) is 26.0 Å². The van der Waals surface area contributed by atoms with Crippen LogP contribution in [0.4, 0.5) is 0 Å². The summed E-state index contributed by atoms with van der Waals surface area (Å²) in [6, 6.07) is 3.48. The Morgan fingerprint density at radius 3 is 2.60 bits per heavy atom. The van der Waals surface area contributed by atoms with Crippen LogP contribution in [-0.4, -0.2) is 33.0 Å². The summed E-state index contributed by atoms with van der Waals surface area (Å²) in [5.74, 6) is 1.09. The summed E-state index contributed by atoms with van der Waals surface area (Å²) in [5, 5.41) is 10.3. The predicted octanol–water partition coefficient (Wildman–Crippen LogP) is 2.31. The number of ether oxygens (including phenoxy) is 2. The SMILES string of the molecule is CCOC(C)Oc1ccc(-c2ncncn2)c(O)c1C. The minimum atomic E-state index is -0.374. The minimum absolute atomic E-state index is 0.0948. The number of phenolic OH excluding ortho intramolecular Hbond substituents is 1. The van der Waals surface area contributed by atoms with Gasteiger partial charge in [0.2, 0.25) is 0 Å². The van der Waals surface area contributed by atoms with Crippen LogP contribution in [0, 0.1) is 6.92 Å². The standard InChI is InChI=1S/C14H17N3O3/c1-4-19-10(3)20-12-6-5-11(13(18)9(12)2)14-16-7-15-8-17-14/h5-8,10,18H,4H2,1-3H3. The van der Waals surface area contributed by atoms with Crippen molar-refractivity contribution in [1.82, 2.24) is 15.0 Å². The summed E-state index contributed by atoms with van der Waals surface area (Å²) >= 11 is 0. The first kappa shape index (κ1) is 14.2. The second-order valence-corrected chi connectivity index (χ2v) is 4.19. The molecule has 0 amide bonds. The Kier molecular flexibility index (Phi) is 4.47. The van der Waals surface area contributed by atoms with Gasteiger partial charge in [-0.05, 0) is 32.9 Å². The van der Waals surface area contributed by atoms with E-state index in [4.69, 9.17) is 9.47 Å². The molecule has 1 aromatic carbocycles. The Hall–Kier alpha value is -2.21. The molecule has 0 saturated carbocycles. The van der Waals surface area contributed by atoms with E-state index in [1.807, 2.05) is 6.92 Å². The molecular formula is C14H17N3O3. The van der Waals surface area contributed by atoms with Crippen LogP contribution >= 0.6 is 0 Å². The van der Waals surface area contributed by atoms with Gasteiger partial charge in [0, 0.05) is 12.2 Å². The van der Waals surface area contributed by atoms with Crippen LogP contribution in [-0.2, 0) is 4.74 Å². The van der Waals surface area contributed by atoms with Crippen molar-refractivity contribution in [2.75, 3.05) is 6.61 Å². The lowest BCUT2D eigenvalue weighted by atomic mass is 10.1. The highest BCUT2D eigenvalue weighted by atomic mass is 16.7. The zero-order chi connectivity index (χ0) is 14.5. The van der Waals surface area contributed by atoms with E-state index in [0.29, 0.717) is 29.3 Å². The molecule has 0 aliphatic rings. The second-order valence-electron chi connectivity index (χ2n) is 4.19. The Bertz CT molecular complexity index is 575. The number of aromatic hydroxyl groups is 1.